The molecule has 0 aliphatic rings. The lowest BCUT2D eigenvalue weighted by Crippen LogP contribution is -2.33. The van der Waals surface area contributed by atoms with Crippen molar-refractivity contribution in [3.8, 4) is 5.75 Å². The summed E-state index contributed by atoms with van der Waals surface area (Å²) < 4.78 is 32.4. The van der Waals surface area contributed by atoms with Crippen molar-refractivity contribution in [1.82, 2.24) is 4.72 Å². The van der Waals surface area contributed by atoms with Crippen LogP contribution in [0, 0.1) is 20.8 Å². The van der Waals surface area contributed by atoms with E-state index in [1.165, 1.54) is 7.11 Å². The van der Waals surface area contributed by atoms with Gasteiger partial charge < -0.3 is 10.1 Å². The zero-order valence-electron chi connectivity index (χ0n) is 14.7. The first-order valence-electron chi connectivity index (χ1n) is 7.74. The van der Waals surface area contributed by atoms with Gasteiger partial charge in [-0.2, -0.15) is 0 Å². The van der Waals surface area contributed by atoms with E-state index in [1.54, 1.807) is 31.2 Å². The minimum Gasteiger partial charge on any atom is -0.495 e. The molecule has 6 nitrogen and oxygen atoms in total. The Hall–Kier alpha value is -2.38. The Labute approximate surface area is 148 Å². The number of aryl methyl sites for hydroxylation is 3. The maximum Gasteiger partial charge on any atom is 0.241 e. The van der Waals surface area contributed by atoms with Gasteiger partial charge in [-0.05, 0) is 55.7 Å². The summed E-state index contributed by atoms with van der Waals surface area (Å²) in [6.45, 7) is 5.05. The molecule has 1 amide bonds. The van der Waals surface area contributed by atoms with Gasteiger partial charge in [-0.1, -0.05) is 18.2 Å². The Morgan fingerprint density at radius 3 is 2.36 bits per heavy atom. The average molecular weight is 362 g/mol. The molecule has 2 rings (SSSR count). The van der Waals surface area contributed by atoms with E-state index < -0.39 is 15.9 Å². The molecular weight excluding hydrogens is 340 g/mol. The first kappa shape index (κ1) is 19.0. The normalized spacial score (nSPS) is 11.2. The second kappa shape index (κ2) is 7.67. The number of anilines is 1. The molecule has 25 heavy (non-hydrogen) atoms. The maximum atomic E-state index is 12.4. The summed E-state index contributed by atoms with van der Waals surface area (Å²) >= 11 is 0. The molecule has 0 spiro atoms. The molecule has 0 aliphatic carbocycles. The van der Waals surface area contributed by atoms with Crippen LogP contribution in [0.2, 0.25) is 0 Å². The number of amides is 1. The lowest BCUT2D eigenvalue weighted by atomic mass is 10.2. The summed E-state index contributed by atoms with van der Waals surface area (Å²) in [4.78, 5) is 12.3. The van der Waals surface area contributed by atoms with Gasteiger partial charge in [-0.15, -0.1) is 0 Å². The third-order valence-electron chi connectivity index (χ3n) is 3.68. The number of nitrogens with one attached hydrogen (secondary N) is 2. The number of ether oxygens (including phenoxy) is 1. The number of rotatable bonds is 6. The highest BCUT2D eigenvalue weighted by atomic mass is 32.2. The molecule has 0 aliphatic heterocycles. The van der Waals surface area contributed by atoms with Gasteiger partial charge in [0.2, 0.25) is 15.9 Å². The van der Waals surface area contributed by atoms with Crippen LogP contribution in [0.4, 0.5) is 5.69 Å². The Bertz CT molecular complexity index is 892. The monoisotopic (exact) mass is 362 g/mol. The van der Waals surface area contributed by atoms with Crippen molar-refractivity contribution in [3.05, 3.63) is 53.1 Å². The third-order valence-corrected chi connectivity index (χ3v) is 5.23. The van der Waals surface area contributed by atoms with Crippen LogP contribution in [-0.4, -0.2) is 28.0 Å². The van der Waals surface area contributed by atoms with Gasteiger partial charge in [-0.3, -0.25) is 4.79 Å². The standard InChI is InChI=1S/C18H22N2O4S/c1-12-6-8-16(24-4)15(9-12)20-18(21)11-19-25(22,23)17-10-13(2)5-7-14(17)3/h5-10,19H,11H2,1-4H3,(H,20,21). The molecule has 0 aromatic heterocycles. The SMILES string of the molecule is COc1ccc(C)cc1NC(=O)CNS(=O)(=O)c1cc(C)ccc1C. The Balaban J connectivity index is 2.09. The number of hydrogen-bond donors (Lipinski definition) is 2. The Morgan fingerprint density at radius 1 is 1.04 bits per heavy atom. The maximum absolute atomic E-state index is 12.4. The number of methoxy groups -OCH3 is 1. The largest absolute Gasteiger partial charge is 0.495 e. The van der Waals surface area contributed by atoms with Crippen molar-refractivity contribution in [2.75, 3.05) is 19.0 Å². The van der Waals surface area contributed by atoms with Crippen LogP contribution >= 0.6 is 0 Å². The summed E-state index contributed by atoms with van der Waals surface area (Å²) in [7, 11) is -2.26. The highest BCUT2D eigenvalue weighted by molar-refractivity contribution is 7.89. The average Bonchev–Trinajstić information content (AvgIpc) is 2.55. The molecule has 0 fully saturated rings. The van der Waals surface area contributed by atoms with E-state index in [0.717, 1.165) is 11.1 Å². The topological polar surface area (TPSA) is 84.5 Å². The molecular formula is C18H22N2O4S. The molecule has 2 aromatic rings. The van der Waals surface area contributed by atoms with E-state index in [4.69, 9.17) is 4.74 Å². The zero-order valence-corrected chi connectivity index (χ0v) is 15.5. The molecule has 0 heterocycles. The van der Waals surface area contributed by atoms with Crippen LogP contribution in [0.3, 0.4) is 0 Å². The van der Waals surface area contributed by atoms with Crippen molar-refractivity contribution in [1.29, 1.82) is 0 Å². The number of sulfonamides is 1. The van der Waals surface area contributed by atoms with Gasteiger partial charge in [0, 0.05) is 0 Å². The third kappa shape index (κ3) is 4.80. The summed E-state index contributed by atoms with van der Waals surface area (Å²) in [5.41, 5.74) is 2.91. The fourth-order valence-corrected chi connectivity index (χ4v) is 3.66. The van der Waals surface area contributed by atoms with Crippen LogP contribution < -0.4 is 14.8 Å². The van der Waals surface area contributed by atoms with Gasteiger partial charge in [0.1, 0.15) is 5.75 Å². The number of benzene rings is 2. The van der Waals surface area contributed by atoms with Crippen LogP contribution in [-0.2, 0) is 14.8 Å². The quantitative estimate of drug-likeness (QED) is 0.827. The van der Waals surface area contributed by atoms with Crippen LogP contribution in [0.5, 0.6) is 5.75 Å². The van der Waals surface area contributed by atoms with Gasteiger partial charge in [0.05, 0.1) is 24.2 Å². The molecule has 7 heteroatoms. The number of carbonyl (C=O) groups is 1. The van der Waals surface area contributed by atoms with E-state index in [1.807, 2.05) is 26.0 Å². The molecule has 0 bridgehead atoms. The van der Waals surface area contributed by atoms with E-state index in [2.05, 4.69) is 10.0 Å². The summed E-state index contributed by atoms with van der Waals surface area (Å²) in [6.07, 6.45) is 0. The smallest absolute Gasteiger partial charge is 0.241 e. The van der Waals surface area contributed by atoms with E-state index >= 15 is 0 Å². The molecule has 0 atom stereocenters. The lowest BCUT2D eigenvalue weighted by Gasteiger charge is -2.12. The summed E-state index contributed by atoms with van der Waals surface area (Å²) in [5, 5.41) is 2.66. The first-order chi connectivity index (χ1) is 11.7. The van der Waals surface area contributed by atoms with Gasteiger partial charge >= 0.3 is 0 Å². The fraction of sp³-hybridized carbons (Fsp3) is 0.278. The predicted molar refractivity (Wildman–Crippen MR) is 97.5 cm³/mol. The predicted octanol–water partition coefficient (Wildman–Crippen LogP) is 2.54. The highest BCUT2D eigenvalue weighted by Crippen LogP contribution is 2.25. The summed E-state index contributed by atoms with van der Waals surface area (Å²) in [6, 6.07) is 10.5. The van der Waals surface area contributed by atoms with E-state index in [0.29, 0.717) is 17.0 Å². The molecule has 2 N–H and O–H groups in total. The van der Waals surface area contributed by atoms with E-state index in [9.17, 15) is 13.2 Å². The molecule has 0 saturated carbocycles. The first-order valence-corrected chi connectivity index (χ1v) is 9.22. The van der Waals surface area contributed by atoms with Crippen LogP contribution in [0.1, 0.15) is 16.7 Å². The summed E-state index contributed by atoms with van der Waals surface area (Å²) in [5.74, 6) is 0.0362. The van der Waals surface area contributed by atoms with Crippen LogP contribution in [0.15, 0.2) is 41.3 Å². The molecule has 2 aromatic carbocycles. The molecule has 0 saturated heterocycles. The van der Waals surface area contributed by atoms with Crippen LogP contribution in [0.25, 0.3) is 0 Å². The second-order valence-corrected chi connectivity index (χ2v) is 7.58. The fourth-order valence-electron chi connectivity index (χ4n) is 2.35. The van der Waals surface area contributed by atoms with Crippen molar-refractivity contribution in [3.63, 3.8) is 0 Å². The zero-order chi connectivity index (χ0) is 18.6. The Kier molecular flexibility index (Phi) is 5.81. The number of hydrogen-bond acceptors (Lipinski definition) is 4. The minimum atomic E-state index is -3.77. The highest BCUT2D eigenvalue weighted by Gasteiger charge is 2.18. The van der Waals surface area contributed by atoms with Gasteiger partial charge in [-0.25, -0.2) is 13.1 Å². The van der Waals surface area contributed by atoms with Crippen molar-refractivity contribution in [2.45, 2.75) is 25.7 Å². The Morgan fingerprint density at radius 2 is 1.68 bits per heavy atom. The van der Waals surface area contributed by atoms with Crippen molar-refractivity contribution in [2.24, 2.45) is 0 Å². The molecule has 0 radical (unpaired) electrons. The van der Waals surface area contributed by atoms with Crippen molar-refractivity contribution < 1.29 is 17.9 Å². The van der Waals surface area contributed by atoms with E-state index in [-0.39, 0.29) is 11.4 Å². The molecule has 0 unspecified atom stereocenters. The minimum absolute atomic E-state index is 0.174. The van der Waals surface area contributed by atoms with Gasteiger partial charge in [0.15, 0.2) is 0 Å². The van der Waals surface area contributed by atoms with Gasteiger partial charge in [0.25, 0.3) is 0 Å². The lowest BCUT2D eigenvalue weighted by molar-refractivity contribution is -0.115. The van der Waals surface area contributed by atoms with Crippen molar-refractivity contribution >= 4 is 21.6 Å². The second-order valence-electron chi connectivity index (χ2n) is 5.85. The number of carbonyl (C=O) groups excluding carboxylic acids is 1. The molecule has 134 valence electrons.